The van der Waals surface area contributed by atoms with Crippen molar-refractivity contribution in [2.75, 3.05) is 0 Å². The van der Waals surface area contributed by atoms with E-state index in [1.165, 1.54) is 19.3 Å². The van der Waals surface area contributed by atoms with Gasteiger partial charge in [-0.25, -0.2) is 0 Å². The largest absolute Gasteiger partial charge is 0.368 e. The summed E-state index contributed by atoms with van der Waals surface area (Å²) in [5.74, 6) is -1.12. The van der Waals surface area contributed by atoms with Gasteiger partial charge in [-0.1, -0.05) is 106 Å². The number of hydrogen-bond donors (Lipinski definition) is 2. The zero-order valence-corrected chi connectivity index (χ0v) is 16.8. The Morgan fingerprint density at radius 3 is 1.82 bits per heavy atom. The van der Waals surface area contributed by atoms with Crippen molar-refractivity contribution in [2.24, 2.45) is 5.73 Å². The highest BCUT2D eigenvalue weighted by Gasteiger charge is 2.26. The van der Waals surface area contributed by atoms with Crippen LogP contribution >= 0.6 is 0 Å². The Morgan fingerprint density at radius 2 is 1.32 bits per heavy atom. The van der Waals surface area contributed by atoms with Crippen LogP contribution in [0.3, 0.4) is 0 Å². The molecule has 0 spiro atoms. The minimum atomic E-state index is -0.631. The highest BCUT2D eigenvalue weighted by Crippen LogP contribution is 2.25. The molecular weight excluding hydrogens is 348 g/mol. The van der Waals surface area contributed by atoms with Crippen molar-refractivity contribution in [1.29, 1.82) is 0 Å². The summed E-state index contributed by atoms with van der Waals surface area (Å²) in [7, 11) is 0. The quantitative estimate of drug-likeness (QED) is 0.531. The second-order valence-electron chi connectivity index (χ2n) is 7.27. The summed E-state index contributed by atoms with van der Waals surface area (Å²) in [4.78, 5) is 25.0. The monoisotopic (exact) mass is 380 g/mol. The van der Waals surface area contributed by atoms with Crippen LogP contribution < -0.4 is 11.1 Å². The fourth-order valence-electron chi connectivity index (χ4n) is 3.46. The third-order valence-electron chi connectivity index (χ3n) is 5.03. The molecule has 0 heterocycles. The number of rotatable bonds is 12. The van der Waals surface area contributed by atoms with Crippen LogP contribution in [0.25, 0.3) is 0 Å². The Kier molecular flexibility index (Phi) is 9.26. The molecule has 0 aromatic heterocycles. The first kappa shape index (κ1) is 21.7. The van der Waals surface area contributed by atoms with Crippen molar-refractivity contribution in [3.8, 4) is 0 Å². The number of primary amides is 1. The molecule has 0 bridgehead atoms. The van der Waals surface area contributed by atoms with E-state index in [4.69, 9.17) is 5.73 Å². The highest BCUT2D eigenvalue weighted by atomic mass is 16.2. The molecule has 3 N–H and O–H groups in total. The number of benzene rings is 2. The fraction of sp³-hybridized carbons (Fsp3) is 0.417. The molecule has 28 heavy (non-hydrogen) atoms. The van der Waals surface area contributed by atoms with E-state index in [0.717, 1.165) is 30.4 Å². The van der Waals surface area contributed by atoms with E-state index in [1.54, 1.807) is 0 Å². The molecule has 1 atom stereocenters. The number of unbranched alkanes of at least 4 members (excludes halogenated alkanes) is 5. The van der Waals surface area contributed by atoms with Crippen molar-refractivity contribution < 1.29 is 9.59 Å². The van der Waals surface area contributed by atoms with Gasteiger partial charge in [-0.05, 0) is 17.5 Å². The Hall–Kier alpha value is -2.62. The van der Waals surface area contributed by atoms with Gasteiger partial charge in [0.1, 0.15) is 6.04 Å². The van der Waals surface area contributed by atoms with Crippen LogP contribution in [0, 0.1) is 0 Å². The van der Waals surface area contributed by atoms with Gasteiger partial charge in [-0.2, -0.15) is 0 Å². The SMILES string of the molecule is CCCCCCCC[C@H](NC(=O)C(c1ccccc1)c1ccccc1)C(N)=O. The summed E-state index contributed by atoms with van der Waals surface area (Å²) in [6.45, 7) is 2.19. The first-order chi connectivity index (χ1) is 13.6. The summed E-state index contributed by atoms with van der Waals surface area (Å²) in [6, 6.07) is 18.6. The van der Waals surface area contributed by atoms with Gasteiger partial charge in [0.25, 0.3) is 0 Å². The average Bonchev–Trinajstić information content (AvgIpc) is 2.71. The first-order valence-corrected chi connectivity index (χ1v) is 10.3. The number of nitrogens with one attached hydrogen (secondary N) is 1. The van der Waals surface area contributed by atoms with Gasteiger partial charge in [-0.15, -0.1) is 0 Å². The van der Waals surface area contributed by atoms with Gasteiger partial charge in [0.05, 0.1) is 5.92 Å². The molecule has 2 rings (SSSR count). The zero-order chi connectivity index (χ0) is 20.2. The van der Waals surface area contributed by atoms with Gasteiger partial charge >= 0.3 is 0 Å². The van der Waals surface area contributed by atoms with E-state index in [9.17, 15) is 9.59 Å². The van der Waals surface area contributed by atoms with E-state index >= 15 is 0 Å². The minimum absolute atomic E-state index is 0.188. The van der Waals surface area contributed by atoms with E-state index in [0.29, 0.717) is 6.42 Å². The van der Waals surface area contributed by atoms with E-state index in [2.05, 4.69) is 12.2 Å². The summed E-state index contributed by atoms with van der Waals surface area (Å²) < 4.78 is 0. The molecule has 0 aliphatic carbocycles. The van der Waals surface area contributed by atoms with Crippen LogP contribution in [-0.4, -0.2) is 17.9 Å². The van der Waals surface area contributed by atoms with Crippen molar-refractivity contribution >= 4 is 11.8 Å². The van der Waals surface area contributed by atoms with Crippen molar-refractivity contribution in [3.63, 3.8) is 0 Å². The van der Waals surface area contributed by atoms with Crippen LogP contribution in [0.1, 0.15) is 68.9 Å². The van der Waals surface area contributed by atoms with Crippen molar-refractivity contribution in [2.45, 2.75) is 63.8 Å². The molecule has 0 radical (unpaired) electrons. The number of nitrogens with two attached hydrogens (primary N) is 1. The molecule has 0 fully saturated rings. The van der Waals surface area contributed by atoms with E-state index < -0.39 is 17.9 Å². The zero-order valence-electron chi connectivity index (χ0n) is 16.8. The first-order valence-electron chi connectivity index (χ1n) is 10.3. The maximum absolute atomic E-state index is 13.1. The van der Waals surface area contributed by atoms with Crippen LogP contribution in [-0.2, 0) is 9.59 Å². The molecule has 0 saturated carbocycles. The normalized spacial score (nSPS) is 11.9. The van der Waals surface area contributed by atoms with Gasteiger partial charge in [0.15, 0.2) is 0 Å². The van der Waals surface area contributed by atoms with Crippen molar-refractivity contribution in [3.05, 3.63) is 71.8 Å². The molecule has 0 saturated heterocycles. The molecule has 0 aliphatic heterocycles. The molecule has 0 unspecified atom stereocenters. The number of amides is 2. The molecular formula is C24H32N2O2. The average molecular weight is 381 g/mol. The highest BCUT2D eigenvalue weighted by molar-refractivity contribution is 5.91. The molecule has 2 amide bonds. The minimum Gasteiger partial charge on any atom is -0.368 e. The summed E-state index contributed by atoms with van der Waals surface area (Å²) in [6.07, 6.45) is 7.35. The topological polar surface area (TPSA) is 72.2 Å². The molecule has 4 nitrogen and oxygen atoms in total. The fourth-order valence-corrected chi connectivity index (χ4v) is 3.46. The molecule has 150 valence electrons. The predicted molar refractivity (Wildman–Crippen MR) is 114 cm³/mol. The lowest BCUT2D eigenvalue weighted by Crippen LogP contribution is -2.46. The Labute approximate surface area is 168 Å². The van der Waals surface area contributed by atoms with Crippen LogP contribution in [0.4, 0.5) is 0 Å². The maximum atomic E-state index is 13.1. The van der Waals surface area contributed by atoms with Crippen LogP contribution in [0.15, 0.2) is 60.7 Å². The maximum Gasteiger partial charge on any atom is 0.240 e. The second-order valence-corrected chi connectivity index (χ2v) is 7.27. The molecule has 4 heteroatoms. The van der Waals surface area contributed by atoms with Gasteiger partial charge < -0.3 is 11.1 Å². The number of carbonyl (C=O) groups is 2. The number of carbonyl (C=O) groups excluding carboxylic acids is 2. The summed E-state index contributed by atoms with van der Waals surface area (Å²) in [5, 5.41) is 2.90. The Bertz CT molecular complexity index is 676. The third kappa shape index (κ3) is 6.84. The van der Waals surface area contributed by atoms with Crippen molar-refractivity contribution in [1.82, 2.24) is 5.32 Å². The van der Waals surface area contributed by atoms with Crippen LogP contribution in [0.2, 0.25) is 0 Å². The summed E-state index contributed by atoms with van der Waals surface area (Å²) in [5.41, 5.74) is 7.37. The Balaban J connectivity index is 2.05. The lowest BCUT2D eigenvalue weighted by atomic mass is 9.90. The molecule has 2 aromatic rings. The van der Waals surface area contributed by atoms with Gasteiger partial charge in [-0.3, -0.25) is 9.59 Å². The van der Waals surface area contributed by atoms with E-state index in [1.807, 2.05) is 60.7 Å². The molecule has 2 aromatic carbocycles. The van der Waals surface area contributed by atoms with Gasteiger partial charge in [0.2, 0.25) is 11.8 Å². The third-order valence-corrected chi connectivity index (χ3v) is 5.03. The van der Waals surface area contributed by atoms with Gasteiger partial charge in [0, 0.05) is 0 Å². The number of hydrogen-bond acceptors (Lipinski definition) is 2. The lowest BCUT2D eigenvalue weighted by Gasteiger charge is -2.22. The predicted octanol–water partition coefficient (Wildman–Crippen LogP) is 4.54. The molecule has 0 aliphatic rings. The lowest BCUT2D eigenvalue weighted by molar-refractivity contribution is -0.127. The standard InChI is InChI=1S/C24H32N2O2/c1-2-3-4-5-6-13-18-21(23(25)27)26-24(28)22(19-14-9-7-10-15-19)20-16-11-8-12-17-20/h7-12,14-17,21-22H,2-6,13,18H2,1H3,(H2,25,27)(H,26,28)/t21-/m0/s1. The van der Waals surface area contributed by atoms with E-state index in [-0.39, 0.29) is 5.91 Å². The smallest absolute Gasteiger partial charge is 0.240 e. The Morgan fingerprint density at radius 1 is 0.821 bits per heavy atom. The van der Waals surface area contributed by atoms with Crippen LogP contribution in [0.5, 0.6) is 0 Å². The summed E-state index contributed by atoms with van der Waals surface area (Å²) >= 11 is 0. The second kappa shape index (κ2) is 12.0.